The number of benzene rings is 1. The third kappa shape index (κ3) is 4.32. The fourth-order valence-corrected chi connectivity index (χ4v) is 4.11. The summed E-state index contributed by atoms with van der Waals surface area (Å²) in [6.45, 7) is 2.73. The zero-order chi connectivity index (χ0) is 14.6. The highest BCUT2D eigenvalue weighted by atomic mass is 32.2. The van der Waals surface area contributed by atoms with E-state index in [1.165, 1.54) is 0 Å². The summed E-state index contributed by atoms with van der Waals surface area (Å²) in [5.74, 6) is 2.09. The van der Waals surface area contributed by atoms with Gasteiger partial charge in [-0.2, -0.15) is 11.8 Å². The average Bonchev–Trinajstić information content (AvgIpc) is 2.46. The second-order valence-corrected chi connectivity index (χ2v) is 8.07. The highest BCUT2D eigenvalue weighted by Gasteiger charge is 2.29. The van der Waals surface area contributed by atoms with Gasteiger partial charge in [-0.15, -0.1) is 0 Å². The van der Waals surface area contributed by atoms with Gasteiger partial charge >= 0.3 is 0 Å². The second-order valence-electron chi connectivity index (χ2n) is 5.46. The van der Waals surface area contributed by atoms with E-state index in [0.717, 1.165) is 34.8 Å². The molecule has 112 valence electrons. The average molecular weight is 313 g/mol. The first-order chi connectivity index (χ1) is 9.50. The Bertz CT molecular complexity index is 455. The van der Waals surface area contributed by atoms with Crippen molar-refractivity contribution in [2.75, 3.05) is 24.3 Å². The van der Waals surface area contributed by atoms with Crippen LogP contribution in [0.15, 0.2) is 29.2 Å². The van der Waals surface area contributed by atoms with Crippen LogP contribution in [0.2, 0.25) is 0 Å². The van der Waals surface area contributed by atoms with Crippen LogP contribution in [0.4, 0.5) is 0 Å². The Morgan fingerprint density at radius 1 is 1.35 bits per heavy atom. The Morgan fingerprint density at radius 2 is 1.95 bits per heavy atom. The highest BCUT2D eigenvalue weighted by molar-refractivity contribution is 7.99. The monoisotopic (exact) mass is 313 g/mol. The van der Waals surface area contributed by atoms with E-state index in [2.05, 4.69) is 12.2 Å². The molecule has 2 atom stereocenters. The summed E-state index contributed by atoms with van der Waals surface area (Å²) in [5, 5.41) is 13.9. The maximum absolute atomic E-state index is 11.4. The lowest BCUT2D eigenvalue weighted by Gasteiger charge is -2.33. The predicted molar refractivity (Wildman–Crippen MR) is 86.7 cm³/mol. The first-order valence-corrected chi connectivity index (χ1v) is 9.68. The van der Waals surface area contributed by atoms with E-state index in [1.807, 2.05) is 36.0 Å². The fraction of sp³-hybridized carbons (Fsp3) is 0.600. The van der Waals surface area contributed by atoms with Crippen LogP contribution in [-0.2, 0) is 10.8 Å². The molecule has 0 saturated carbocycles. The van der Waals surface area contributed by atoms with Crippen LogP contribution in [0.3, 0.4) is 0 Å². The van der Waals surface area contributed by atoms with E-state index in [4.69, 9.17) is 0 Å². The summed E-state index contributed by atoms with van der Waals surface area (Å²) in [6, 6.07) is 8.03. The second kappa shape index (κ2) is 7.07. The molecule has 0 spiro atoms. The molecule has 5 heteroatoms. The number of hydrogen-bond acceptors (Lipinski definition) is 4. The number of nitrogens with one attached hydrogen (secondary N) is 1. The van der Waals surface area contributed by atoms with Crippen molar-refractivity contribution in [2.24, 2.45) is 0 Å². The molecule has 1 aliphatic rings. The molecule has 1 heterocycles. The van der Waals surface area contributed by atoms with Gasteiger partial charge in [0.2, 0.25) is 0 Å². The minimum atomic E-state index is -0.928. The molecule has 3 nitrogen and oxygen atoms in total. The Morgan fingerprint density at radius 3 is 2.50 bits per heavy atom. The molecule has 20 heavy (non-hydrogen) atoms. The Balaban J connectivity index is 1.90. The lowest BCUT2D eigenvalue weighted by atomic mass is 9.96. The summed E-state index contributed by atoms with van der Waals surface area (Å²) in [7, 11) is -0.928. The van der Waals surface area contributed by atoms with E-state index in [9.17, 15) is 9.32 Å². The van der Waals surface area contributed by atoms with Gasteiger partial charge in [0.05, 0.1) is 5.60 Å². The maximum Gasteiger partial charge on any atom is 0.0787 e. The van der Waals surface area contributed by atoms with E-state index in [0.29, 0.717) is 6.54 Å². The van der Waals surface area contributed by atoms with Gasteiger partial charge in [-0.1, -0.05) is 12.1 Å². The summed E-state index contributed by atoms with van der Waals surface area (Å²) in [6.07, 6.45) is 3.42. The number of rotatable bonds is 5. The van der Waals surface area contributed by atoms with Gasteiger partial charge in [-0.05, 0) is 49.0 Å². The summed E-state index contributed by atoms with van der Waals surface area (Å²) >= 11 is 1.92. The molecule has 1 fully saturated rings. The minimum absolute atomic E-state index is 0.188. The summed E-state index contributed by atoms with van der Waals surface area (Å²) < 4.78 is 11.4. The summed E-state index contributed by atoms with van der Waals surface area (Å²) in [4.78, 5) is 0.851. The first-order valence-electron chi connectivity index (χ1n) is 6.97. The van der Waals surface area contributed by atoms with Crippen LogP contribution in [0.5, 0.6) is 0 Å². The van der Waals surface area contributed by atoms with Gasteiger partial charge < -0.3 is 10.4 Å². The fourth-order valence-electron chi connectivity index (χ4n) is 2.34. The summed E-state index contributed by atoms with van der Waals surface area (Å²) in [5.41, 5.74) is 0.609. The van der Waals surface area contributed by atoms with Crippen LogP contribution >= 0.6 is 11.8 Å². The van der Waals surface area contributed by atoms with Crippen LogP contribution < -0.4 is 5.32 Å². The molecule has 2 rings (SSSR count). The minimum Gasteiger partial charge on any atom is -0.389 e. The molecule has 1 aromatic carbocycles. The Hall–Kier alpha value is -0.360. The molecule has 2 unspecified atom stereocenters. The third-order valence-corrected chi connectivity index (χ3v) is 5.79. The predicted octanol–water partition coefficient (Wildman–Crippen LogP) is 2.33. The zero-order valence-corrected chi connectivity index (χ0v) is 13.7. The molecule has 0 aromatic heterocycles. The number of hydrogen-bond donors (Lipinski definition) is 2. The molecular weight excluding hydrogens is 290 g/mol. The van der Waals surface area contributed by atoms with Crippen molar-refractivity contribution in [2.45, 2.75) is 36.3 Å². The maximum atomic E-state index is 11.4. The SMILES string of the molecule is CC(NCC1(O)CCSCC1)c1ccc(S(C)=O)cc1. The van der Waals surface area contributed by atoms with Gasteiger partial charge in [0.15, 0.2) is 0 Å². The molecule has 1 aliphatic heterocycles. The van der Waals surface area contributed by atoms with E-state index in [-0.39, 0.29) is 6.04 Å². The molecule has 1 saturated heterocycles. The Kier molecular flexibility index (Phi) is 5.66. The lowest BCUT2D eigenvalue weighted by molar-refractivity contribution is 0.0300. The zero-order valence-electron chi connectivity index (χ0n) is 12.1. The smallest absolute Gasteiger partial charge is 0.0787 e. The normalized spacial score (nSPS) is 21.4. The van der Waals surface area contributed by atoms with Crippen LogP contribution in [0.25, 0.3) is 0 Å². The van der Waals surface area contributed by atoms with Gasteiger partial charge in [0.25, 0.3) is 0 Å². The van der Waals surface area contributed by atoms with Crippen molar-refractivity contribution in [3.8, 4) is 0 Å². The van der Waals surface area contributed by atoms with Crippen molar-refractivity contribution < 1.29 is 9.32 Å². The third-order valence-electron chi connectivity index (χ3n) is 3.87. The largest absolute Gasteiger partial charge is 0.389 e. The van der Waals surface area contributed by atoms with Crippen LogP contribution in [0.1, 0.15) is 31.4 Å². The molecule has 1 aromatic rings. The molecular formula is C15H23NO2S2. The van der Waals surface area contributed by atoms with E-state index in [1.54, 1.807) is 6.26 Å². The standard InChI is InChI=1S/C15H23NO2S2/c1-12(13-3-5-14(6-4-13)20(2)18)16-11-15(17)7-9-19-10-8-15/h3-6,12,16-17H,7-11H2,1-2H3. The number of thioether (sulfide) groups is 1. The van der Waals surface area contributed by atoms with Gasteiger partial charge in [-0.25, -0.2) is 0 Å². The van der Waals surface area contributed by atoms with E-state index < -0.39 is 16.4 Å². The Labute approximate surface area is 128 Å². The van der Waals surface area contributed by atoms with Gasteiger partial charge in [0, 0.05) is 34.5 Å². The van der Waals surface area contributed by atoms with Crippen LogP contribution in [-0.4, -0.2) is 39.2 Å². The first kappa shape index (κ1) is 16.0. The topological polar surface area (TPSA) is 49.3 Å². The van der Waals surface area contributed by atoms with Crippen molar-refractivity contribution in [1.29, 1.82) is 0 Å². The van der Waals surface area contributed by atoms with Crippen LogP contribution in [0, 0.1) is 0 Å². The van der Waals surface area contributed by atoms with Gasteiger partial charge in [0.1, 0.15) is 0 Å². The van der Waals surface area contributed by atoms with E-state index >= 15 is 0 Å². The van der Waals surface area contributed by atoms with Crippen molar-refractivity contribution in [3.05, 3.63) is 29.8 Å². The highest BCUT2D eigenvalue weighted by Crippen LogP contribution is 2.27. The lowest BCUT2D eigenvalue weighted by Crippen LogP contribution is -2.44. The van der Waals surface area contributed by atoms with Crippen molar-refractivity contribution >= 4 is 22.6 Å². The molecule has 0 bridgehead atoms. The van der Waals surface area contributed by atoms with Crippen molar-refractivity contribution in [3.63, 3.8) is 0 Å². The molecule has 2 N–H and O–H groups in total. The molecule has 0 amide bonds. The quantitative estimate of drug-likeness (QED) is 0.876. The molecule has 0 radical (unpaired) electrons. The van der Waals surface area contributed by atoms with Gasteiger partial charge in [-0.3, -0.25) is 4.21 Å². The molecule has 0 aliphatic carbocycles. The van der Waals surface area contributed by atoms with Crippen molar-refractivity contribution in [1.82, 2.24) is 5.32 Å². The number of aliphatic hydroxyl groups is 1.